The van der Waals surface area contributed by atoms with Crippen LogP contribution in [0.5, 0.6) is 0 Å². The highest BCUT2D eigenvalue weighted by Gasteiger charge is 2.14. The fraction of sp³-hybridized carbons (Fsp3) is 0.100. The van der Waals surface area contributed by atoms with Crippen LogP contribution in [0.3, 0.4) is 0 Å². The van der Waals surface area contributed by atoms with Crippen molar-refractivity contribution in [2.24, 2.45) is 0 Å². The molecule has 0 aliphatic rings. The average Bonchev–Trinajstić information content (AvgIpc) is 2.81. The molecule has 0 aliphatic heterocycles. The molecule has 90 valence electrons. The third-order valence-electron chi connectivity index (χ3n) is 2.07. The lowest BCUT2D eigenvalue weighted by Crippen LogP contribution is -2.12. The molecule has 0 atom stereocenters. The van der Waals surface area contributed by atoms with Gasteiger partial charge in [0.05, 0.1) is 10.6 Å². The number of nitrogens with one attached hydrogen (secondary N) is 2. The standard InChI is InChI=1S/C10H11N3O2S2/c1-11-10-6-9(2-4-12-10)17(14,15)13-8-3-5-16-7-8/h2-7,13H,1H3,(H,11,12). The third-order valence-corrected chi connectivity index (χ3v) is 4.13. The van der Waals surface area contributed by atoms with Crippen molar-refractivity contribution in [3.8, 4) is 0 Å². The van der Waals surface area contributed by atoms with Crippen LogP contribution in [0.4, 0.5) is 11.5 Å². The zero-order chi connectivity index (χ0) is 12.3. The van der Waals surface area contributed by atoms with Gasteiger partial charge in [0.15, 0.2) is 0 Å². The van der Waals surface area contributed by atoms with Crippen LogP contribution in [-0.2, 0) is 10.0 Å². The lowest BCUT2D eigenvalue weighted by Gasteiger charge is -2.07. The number of aromatic nitrogens is 1. The first-order valence-corrected chi connectivity index (χ1v) is 7.23. The fourth-order valence-corrected chi connectivity index (χ4v) is 2.98. The number of hydrogen-bond donors (Lipinski definition) is 2. The van der Waals surface area contributed by atoms with Crippen molar-refractivity contribution in [2.45, 2.75) is 4.90 Å². The maximum Gasteiger partial charge on any atom is 0.262 e. The highest BCUT2D eigenvalue weighted by molar-refractivity contribution is 7.92. The Labute approximate surface area is 104 Å². The molecule has 0 bridgehead atoms. The van der Waals surface area contributed by atoms with E-state index in [1.165, 1.54) is 29.7 Å². The summed E-state index contributed by atoms with van der Waals surface area (Å²) in [6.07, 6.45) is 1.45. The highest BCUT2D eigenvalue weighted by Crippen LogP contribution is 2.19. The Bertz CT molecular complexity index is 594. The van der Waals surface area contributed by atoms with Crippen molar-refractivity contribution in [3.63, 3.8) is 0 Å². The predicted molar refractivity (Wildman–Crippen MR) is 68.9 cm³/mol. The summed E-state index contributed by atoms with van der Waals surface area (Å²) in [4.78, 5) is 4.15. The van der Waals surface area contributed by atoms with Crippen molar-refractivity contribution < 1.29 is 8.42 Å². The minimum Gasteiger partial charge on any atom is -0.373 e. The minimum atomic E-state index is -3.54. The zero-order valence-corrected chi connectivity index (χ0v) is 10.7. The number of thiophene rings is 1. The summed E-state index contributed by atoms with van der Waals surface area (Å²) in [6, 6.07) is 4.65. The number of rotatable bonds is 4. The minimum absolute atomic E-state index is 0.183. The van der Waals surface area contributed by atoms with E-state index in [0.717, 1.165) is 0 Å². The molecule has 0 fully saturated rings. The molecule has 0 unspecified atom stereocenters. The van der Waals surface area contributed by atoms with Crippen molar-refractivity contribution in [2.75, 3.05) is 17.1 Å². The van der Waals surface area contributed by atoms with Gasteiger partial charge in [-0.1, -0.05) is 0 Å². The zero-order valence-electron chi connectivity index (χ0n) is 9.04. The van der Waals surface area contributed by atoms with E-state index >= 15 is 0 Å². The van der Waals surface area contributed by atoms with E-state index in [4.69, 9.17) is 0 Å². The fourth-order valence-electron chi connectivity index (χ4n) is 1.25. The summed E-state index contributed by atoms with van der Waals surface area (Å²) < 4.78 is 26.5. The molecule has 0 radical (unpaired) electrons. The van der Waals surface area contributed by atoms with E-state index in [2.05, 4.69) is 15.0 Å². The van der Waals surface area contributed by atoms with Gasteiger partial charge in [0.2, 0.25) is 0 Å². The smallest absolute Gasteiger partial charge is 0.262 e. The maximum absolute atomic E-state index is 12.0. The Hall–Kier alpha value is -1.60. The largest absolute Gasteiger partial charge is 0.373 e. The molecular formula is C10H11N3O2S2. The monoisotopic (exact) mass is 269 g/mol. The lowest BCUT2D eigenvalue weighted by molar-refractivity contribution is 0.601. The van der Waals surface area contributed by atoms with E-state index in [9.17, 15) is 8.42 Å². The molecule has 0 spiro atoms. The lowest BCUT2D eigenvalue weighted by atomic mass is 10.5. The molecule has 7 heteroatoms. The molecule has 0 amide bonds. The van der Waals surface area contributed by atoms with Gasteiger partial charge in [-0.25, -0.2) is 13.4 Å². The summed E-state index contributed by atoms with van der Waals surface area (Å²) in [5, 5.41) is 6.34. The molecular weight excluding hydrogens is 258 g/mol. The van der Waals surface area contributed by atoms with Gasteiger partial charge in [-0.3, -0.25) is 4.72 Å². The SMILES string of the molecule is CNc1cc(S(=O)(=O)Nc2ccsc2)ccn1. The quantitative estimate of drug-likeness (QED) is 0.890. The molecule has 2 heterocycles. The molecule has 2 aromatic heterocycles. The summed E-state index contributed by atoms with van der Waals surface area (Å²) in [6.45, 7) is 0. The van der Waals surface area contributed by atoms with Crippen LogP contribution in [0.1, 0.15) is 0 Å². The van der Waals surface area contributed by atoms with E-state index < -0.39 is 10.0 Å². The van der Waals surface area contributed by atoms with Crippen molar-refractivity contribution in [1.29, 1.82) is 0 Å². The second kappa shape index (κ2) is 4.72. The summed E-state index contributed by atoms with van der Waals surface area (Å²) in [5.41, 5.74) is 0.567. The molecule has 17 heavy (non-hydrogen) atoms. The summed E-state index contributed by atoms with van der Waals surface area (Å²) >= 11 is 1.43. The number of pyridine rings is 1. The normalized spacial score (nSPS) is 11.1. The Morgan fingerprint density at radius 2 is 2.18 bits per heavy atom. The molecule has 2 aromatic rings. The Kier molecular flexibility index (Phi) is 3.30. The molecule has 5 nitrogen and oxygen atoms in total. The molecule has 0 aliphatic carbocycles. The van der Waals surface area contributed by atoms with Gasteiger partial charge in [0, 0.05) is 24.7 Å². The van der Waals surface area contributed by atoms with Gasteiger partial charge < -0.3 is 5.32 Å². The highest BCUT2D eigenvalue weighted by atomic mass is 32.2. The first-order valence-electron chi connectivity index (χ1n) is 4.80. The number of hydrogen-bond acceptors (Lipinski definition) is 5. The Morgan fingerprint density at radius 1 is 1.35 bits per heavy atom. The van der Waals surface area contributed by atoms with Crippen LogP contribution >= 0.6 is 11.3 Å². The van der Waals surface area contributed by atoms with Gasteiger partial charge in [-0.15, -0.1) is 0 Å². The number of anilines is 2. The summed E-state index contributed by atoms with van der Waals surface area (Å²) in [7, 11) is -1.85. The van der Waals surface area contributed by atoms with Crippen LogP contribution in [-0.4, -0.2) is 20.4 Å². The first-order chi connectivity index (χ1) is 8.12. The van der Waals surface area contributed by atoms with Gasteiger partial charge >= 0.3 is 0 Å². The van der Waals surface area contributed by atoms with E-state index in [-0.39, 0.29) is 4.90 Å². The van der Waals surface area contributed by atoms with Crippen molar-refractivity contribution in [1.82, 2.24) is 4.98 Å². The van der Waals surface area contributed by atoms with Crippen LogP contribution in [0.2, 0.25) is 0 Å². The first kappa shape index (κ1) is 11.9. The number of nitrogens with zero attached hydrogens (tertiary/aromatic N) is 1. The molecule has 0 saturated carbocycles. The van der Waals surface area contributed by atoms with E-state index in [0.29, 0.717) is 11.5 Å². The topological polar surface area (TPSA) is 71.1 Å². The van der Waals surface area contributed by atoms with Crippen LogP contribution in [0.25, 0.3) is 0 Å². The molecule has 0 saturated heterocycles. The number of sulfonamides is 1. The Morgan fingerprint density at radius 3 is 2.82 bits per heavy atom. The average molecular weight is 269 g/mol. The van der Waals surface area contributed by atoms with E-state index in [1.807, 2.05) is 5.38 Å². The third kappa shape index (κ3) is 2.75. The van der Waals surface area contributed by atoms with Gasteiger partial charge in [-0.2, -0.15) is 11.3 Å². The van der Waals surface area contributed by atoms with E-state index in [1.54, 1.807) is 18.5 Å². The molecule has 0 aromatic carbocycles. The Balaban J connectivity index is 2.31. The van der Waals surface area contributed by atoms with Gasteiger partial charge in [0.25, 0.3) is 10.0 Å². The summed E-state index contributed by atoms with van der Waals surface area (Å²) in [5.74, 6) is 0.512. The van der Waals surface area contributed by atoms with Crippen molar-refractivity contribution >= 4 is 32.9 Å². The van der Waals surface area contributed by atoms with Crippen molar-refractivity contribution in [3.05, 3.63) is 35.2 Å². The maximum atomic E-state index is 12.0. The van der Waals surface area contributed by atoms with Gasteiger partial charge in [-0.05, 0) is 17.5 Å². The second-order valence-electron chi connectivity index (χ2n) is 3.24. The predicted octanol–water partition coefficient (Wildman–Crippen LogP) is 1.99. The van der Waals surface area contributed by atoms with Crippen LogP contribution in [0, 0.1) is 0 Å². The molecule has 2 rings (SSSR count). The molecule has 2 N–H and O–H groups in total. The van der Waals surface area contributed by atoms with Crippen LogP contribution < -0.4 is 10.0 Å². The second-order valence-corrected chi connectivity index (χ2v) is 5.71. The van der Waals surface area contributed by atoms with Gasteiger partial charge in [0.1, 0.15) is 5.82 Å². The van der Waals surface area contributed by atoms with Crippen LogP contribution in [0.15, 0.2) is 40.1 Å².